The number of hydrazine groups is 1. The molecule has 0 saturated carbocycles. The van der Waals surface area contributed by atoms with Crippen molar-refractivity contribution in [1.82, 2.24) is 15.4 Å². The minimum Gasteiger partial charge on any atom is -0.258 e. The van der Waals surface area contributed by atoms with Crippen LogP contribution in [0.5, 0.6) is 0 Å². The fourth-order valence-corrected chi connectivity index (χ4v) is 2.56. The van der Waals surface area contributed by atoms with E-state index in [0.29, 0.717) is 0 Å². The molecule has 3 nitrogen and oxygen atoms in total. The summed E-state index contributed by atoms with van der Waals surface area (Å²) in [6.07, 6.45) is 6.41. The van der Waals surface area contributed by atoms with E-state index in [1.807, 2.05) is 7.05 Å². The Morgan fingerprint density at radius 2 is 2.29 bits per heavy atom. The third-order valence-electron chi connectivity index (χ3n) is 3.24. The van der Waals surface area contributed by atoms with Crippen LogP contribution in [0.2, 0.25) is 0 Å². The molecule has 1 N–H and O–H groups in total. The van der Waals surface area contributed by atoms with E-state index >= 15 is 0 Å². The van der Waals surface area contributed by atoms with E-state index in [1.165, 1.54) is 19.3 Å². The molecule has 0 radical (unpaired) electrons. The molecule has 1 aliphatic heterocycles. The number of aromatic nitrogens is 1. The zero-order valence-corrected chi connectivity index (χ0v) is 11.5. The molecule has 5 heteroatoms. The van der Waals surface area contributed by atoms with E-state index in [9.17, 15) is 4.39 Å². The molecule has 1 atom stereocenters. The van der Waals surface area contributed by atoms with Gasteiger partial charge in [0.15, 0.2) is 5.82 Å². The number of nitrogens with one attached hydrogen (secondary N) is 1. The van der Waals surface area contributed by atoms with Crippen molar-refractivity contribution < 1.29 is 4.39 Å². The first kappa shape index (κ1) is 12.9. The largest absolute Gasteiger partial charge is 0.258 e. The normalized spacial score (nSPS) is 22.4. The van der Waals surface area contributed by atoms with Gasteiger partial charge in [0, 0.05) is 12.7 Å². The van der Waals surface area contributed by atoms with Crippen LogP contribution in [0.25, 0.3) is 0 Å². The van der Waals surface area contributed by atoms with Crippen LogP contribution in [0.15, 0.2) is 16.9 Å². The van der Waals surface area contributed by atoms with Gasteiger partial charge in [0.25, 0.3) is 0 Å². The van der Waals surface area contributed by atoms with Crippen molar-refractivity contribution in [2.45, 2.75) is 31.7 Å². The standard InChI is InChI=1S/C12H17BrFN3/c1-15-17-6-4-2-3-5-11(17)9-7-10(14)12(13)16-8-9/h7-8,11,15H,2-6H2,1H3. The maximum atomic E-state index is 13.5. The predicted octanol–water partition coefficient (Wildman–Crippen LogP) is 3.03. The smallest absolute Gasteiger partial charge is 0.156 e. The van der Waals surface area contributed by atoms with Crippen LogP contribution in [0.4, 0.5) is 4.39 Å². The van der Waals surface area contributed by atoms with Crippen LogP contribution in [-0.2, 0) is 0 Å². The van der Waals surface area contributed by atoms with Crippen LogP contribution >= 0.6 is 15.9 Å². The fourth-order valence-electron chi connectivity index (χ4n) is 2.34. The van der Waals surface area contributed by atoms with Crippen molar-refractivity contribution in [3.05, 3.63) is 28.2 Å². The molecule has 2 rings (SSSR count). The second kappa shape index (κ2) is 5.89. The van der Waals surface area contributed by atoms with Crippen LogP contribution < -0.4 is 5.43 Å². The second-order valence-corrected chi connectivity index (χ2v) is 5.07. The van der Waals surface area contributed by atoms with Gasteiger partial charge in [-0.3, -0.25) is 5.43 Å². The third-order valence-corrected chi connectivity index (χ3v) is 3.83. The summed E-state index contributed by atoms with van der Waals surface area (Å²) in [6, 6.07) is 1.80. The molecule has 1 unspecified atom stereocenters. The van der Waals surface area contributed by atoms with Crippen molar-refractivity contribution in [3.8, 4) is 0 Å². The van der Waals surface area contributed by atoms with Gasteiger partial charge in [-0.25, -0.2) is 14.4 Å². The molecule has 2 heterocycles. The lowest BCUT2D eigenvalue weighted by molar-refractivity contribution is 0.142. The maximum absolute atomic E-state index is 13.5. The molecular weight excluding hydrogens is 285 g/mol. The average molecular weight is 302 g/mol. The van der Waals surface area contributed by atoms with Crippen molar-refractivity contribution in [2.75, 3.05) is 13.6 Å². The summed E-state index contributed by atoms with van der Waals surface area (Å²) in [5, 5.41) is 2.18. The SMILES string of the molecule is CNN1CCCCCC1c1cnc(Br)c(F)c1. The number of hydrogen-bond donors (Lipinski definition) is 1. The van der Waals surface area contributed by atoms with Gasteiger partial charge in [-0.05, 0) is 47.4 Å². The highest BCUT2D eigenvalue weighted by Crippen LogP contribution is 2.29. The zero-order chi connectivity index (χ0) is 12.3. The van der Waals surface area contributed by atoms with Crippen molar-refractivity contribution >= 4 is 15.9 Å². The van der Waals surface area contributed by atoms with Crippen molar-refractivity contribution in [1.29, 1.82) is 0 Å². The summed E-state index contributed by atoms with van der Waals surface area (Å²) in [7, 11) is 1.92. The number of rotatable bonds is 2. The molecule has 94 valence electrons. The minimum absolute atomic E-state index is 0.220. The van der Waals surface area contributed by atoms with E-state index in [2.05, 4.69) is 31.3 Å². The summed E-state index contributed by atoms with van der Waals surface area (Å²) >= 11 is 3.09. The van der Waals surface area contributed by atoms with Crippen molar-refractivity contribution in [3.63, 3.8) is 0 Å². The Labute approximate surface area is 110 Å². The first-order chi connectivity index (χ1) is 8.22. The summed E-state index contributed by atoms with van der Waals surface area (Å²) < 4.78 is 13.8. The van der Waals surface area contributed by atoms with Gasteiger partial charge in [0.1, 0.15) is 4.60 Å². The summed E-state index contributed by atoms with van der Waals surface area (Å²) in [4.78, 5) is 4.04. The Kier molecular flexibility index (Phi) is 4.48. The molecule has 1 saturated heterocycles. The molecule has 17 heavy (non-hydrogen) atoms. The Morgan fingerprint density at radius 3 is 3.00 bits per heavy atom. The Balaban J connectivity index is 2.25. The van der Waals surface area contributed by atoms with E-state index in [-0.39, 0.29) is 16.5 Å². The molecule has 1 fully saturated rings. The summed E-state index contributed by atoms with van der Waals surface area (Å²) in [5.74, 6) is -0.289. The van der Waals surface area contributed by atoms with E-state index in [0.717, 1.165) is 18.5 Å². The quantitative estimate of drug-likeness (QED) is 0.851. The first-order valence-electron chi connectivity index (χ1n) is 5.97. The highest BCUT2D eigenvalue weighted by molar-refractivity contribution is 9.10. The molecule has 0 amide bonds. The van der Waals surface area contributed by atoms with Gasteiger partial charge in [-0.2, -0.15) is 0 Å². The average Bonchev–Trinajstić information content (AvgIpc) is 2.57. The lowest BCUT2D eigenvalue weighted by Crippen LogP contribution is -2.38. The molecule has 0 bridgehead atoms. The molecule has 0 spiro atoms. The second-order valence-electron chi connectivity index (χ2n) is 4.32. The minimum atomic E-state index is -0.289. The molecule has 1 aliphatic rings. The zero-order valence-electron chi connectivity index (χ0n) is 9.92. The van der Waals surface area contributed by atoms with E-state index < -0.39 is 0 Å². The van der Waals surface area contributed by atoms with E-state index in [1.54, 1.807) is 12.3 Å². The predicted molar refractivity (Wildman–Crippen MR) is 68.9 cm³/mol. The van der Waals surface area contributed by atoms with Gasteiger partial charge < -0.3 is 0 Å². The lowest BCUT2D eigenvalue weighted by Gasteiger charge is -2.29. The van der Waals surface area contributed by atoms with Crippen molar-refractivity contribution in [2.24, 2.45) is 0 Å². The Hall–Kier alpha value is -0.520. The number of hydrogen-bond acceptors (Lipinski definition) is 3. The van der Waals surface area contributed by atoms with Gasteiger partial charge in [0.2, 0.25) is 0 Å². The number of nitrogens with zero attached hydrogens (tertiary/aromatic N) is 2. The third kappa shape index (κ3) is 3.03. The van der Waals surface area contributed by atoms with E-state index in [4.69, 9.17) is 0 Å². The molecule has 0 aromatic carbocycles. The molecule has 1 aromatic heterocycles. The van der Waals surface area contributed by atoms with Gasteiger partial charge >= 0.3 is 0 Å². The van der Waals surface area contributed by atoms with Gasteiger partial charge in [-0.15, -0.1) is 0 Å². The highest BCUT2D eigenvalue weighted by atomic mass is 79.9. The van der Waals surface area contributed by atoms with Crippen LogP contribution in [0.3, 0.4) is 0 Å². The van der Waals surface area contributed by atoms with Crippen LogP contribution in [0, 0.1) is 5.82 Å². The molecular formula is C12H17BrFN3. The lowest BCUT2D eigenvalue weighted by atomic mass is 10.0. The van der Waals surface area contributed by atoms with Crippen LogP contribution in [0.1, 0.15) is 37.3 Å². The maximum Gasteiger partial charge on any atom is 0.156 e. The van der Waals surface area contributed by atoms with Gasteiger partial charge in [-0.1, -0.05) is 12.8 Å². The summed E-state index contributed by atoms with van der Waals surface area (Å²) in [5.41, 5.74) is 4.14. The summed E-state index contributed by atoms with van der Waals surface area (Å²) in [6.45, 7) is 0.999. The molecule has 0 aliphatic carbocycles. The number of pyridine rings is 1. The topological polar surface area (TPSA) is 28.2 Å². The Morgan fingerprint density at radius 1 is 1.47 bits per heavy atom. The Bertz CT molecular complexity index is 386. The fraction of sp³-hybridized carbons (Fsp3) is 0.583. The van der Waals surface area contributed by atoms with Crippen LogP contribution in [-0.4, -0.2) is 23.6 Å². The highest BCUT2D eigenvalue weighted by Gasteiger charge is 2.22. The van der Waals surface area contributed by atoms with Gasteiger partial charge in [0.05, 0.1) is 6.04 Å². The molecule has 1 aromatic rings. The number of halogens is 2. The first-order valence-corrected chi connectivity index (χ1v) is 6.76. The monoisotopic (exact) mass is 301 g/mol.